The highest BCUT2D eigenvalue weighted by molar-refractivity contribution is 5.46. The van der Waals surface area contributed by atoms with E-state index in [1.165, 1.54) is 0 Å². The Kier molecular flexibility index (Phi) is 2.72. The molecule has 13 heavy (non-hydrogen) atoms. The summed E-state index contributed by atoms with van der Waals surface area (Å²) in [7, 11) is 0. The summed E-state index contributed by atoms with van der Waals surface area (Å²) in [5.74, 6) is 0. The van der Waals surface area contributed by atoms with E-state index in [1.807, 2.05) is 32.1 Å². The molecule has 1 unspecified atom stereocenters. The first-order chi connectivity index (χ1) is 6.17. The third-order valence-corrected chi connectivity index (χ3v) is 1.94. The summed E-state index contributed by atoms with van der Waals surface area (Å²) in [6.45, 7) is 3.96. The Morgan fingerprint density at radius 3 is 2.62 bits per heavy atom. The van der Waals surface area contributed by atoms with Gasteiger partial charge in [0.15, 0.2) is 0 Å². The monoisotopic (exact) mass is 173 g/mol. The third kappa shape index (κ3) is 2.10. The summed E-state index contributed by atoms with van der Waals surface area (Å²) in [5, 5.41) is 20.6. The van der Waals surface area contributed by atoms with Crippen LogP contribution in [-0.4, -0.2) is 6.04 Å². The second-order valence-corrected chi connectivity index (χ2v) is 3.20. The molecule has 0 saturated heterocycles. The van der Waals surface area contributed by atoms with E-state index in [0.717, 1.165) is 17.7 Å². The van der Waals surface area contributed by atoms with Crippen LogP contribution in [0.3, 0.4) is 0 Å². The highest BCUT2D eigenvalue weighted by Gasteiger charge is 2.14. The van der Waals surface area contributed by atoms with Gasteiger partial charge in [0.1, 0.15) is 17.7 Å². The van der Waals surface area contributed by atoms with Gasteiger partial charge in [0, 0.05) is 11.7 Å². The van der Waals surface area contributed by atoms with E-state index in [-0.39, 0.29) is 5.57 Å². The smallest absolute Gasteiger partial charge is 0.132 e. The quantitative estimate of drug-likeness (QED) is 0.566. The molecule has 0 fully saturated rings. The first-order valence-corrected chi connectivity index (χ1v) is 4.15. The second kappa shape index (κ2) is 3.78. The zero-order valence-corrected chi connectivity index (χ0v) is 7.76. The summed E-state index contributed by atoms with van der Waals surface area (Å²) in [5.41, 5.74) is 2.08. The lowest BCUT2D eigenvalue weighted by Crippen LogP contribution is -2.28. The second-order valence-electron chi connectivity index (χ2n) is 3.20. The molecule has 0 amide bonds. The van der Waals surface area contributed by atoms with E-state index in [9.17, 15) is 0 Å². The zero-order chi connectivity index (χ0) is 9.84. The van der Waals surface area contributed by atoms with Gasteiger partial charge in [-0.2, -0.15) is 10.5 Å². The standard InChI is InChI=1S/C10H11N3/c1-7-3-9(4-8(2)13-7)10(5-11)6-12/h3,8,13H,4H2,1-2H3. The first kappa shape index (κ1) is 9.35. The van der Waals surface area contributed by atoms with Gasteiger partial charge in [0.2, 0.25) is 0 Å². The van der Waals surface area contributed by atoms with E-state index in [2.05, 4.69) is 5.32 Å². The van der Waals surface area contributed by atoms with Crippen LogP contribution in [0.4, 0.5) is 0 Å². The molecule has 0 aromatic heterocycles. The molecule has 0 aromatic rings. The minimum Gasteiger partial charge on any atom is -0.386 e. The Morgan fingerprint density at radius 1 is 1.54 bits per heavy atom. The summed E-state index contributed by atoms with van der Waals surface area (Å²) >= 11 is 0. The Balaban J connectivity index is 3.08. The van der Waals surface area contributed by atoms with Crippen molar-refractivity contribution in [1.82, 2.24) is 5.32 Å². The van der Waals surface area contributed by atoms with Gasteiger partial charge in [-0.15, -0.1) is 0 Å². The molecule has 1 aliphatic heterocycles. The van der Waals surface area contributed by atoms with Crippen molar-refractivity contribution in [2.75, 3.05) is 0 Å². The molecule has 0 bridgehead atoms. The van der Waals surface area contributed by atoms with Crippen LogP contribution in [0.5, 0.6) is 0 Å². The third-order valence-electron chi connectivity index (χ3n) is 1.94. The minimum atomic E-state index is 0.229. The van der Waals surface area contributed by atoms with Crippen LogP contribution in [0.2, 0.25) is 0 Å². The van der Waals surface area contributed by atoms with Gasteiger partial charge in [0.05, 0.1) is 0 Å². The molecule has 0 saturated carbocycles. The molecule has 0 aliphatic carbocycles. The highest BCUT2D eigenvalue weighted by Crippen LogP contribution is 2.18. The fourth-order valence-corrected chi connectivity index (χ4v) is 1.47. The molecule has 0 radical (unpaired) electrons. The molecule has 1 heterocycles. The molecule has 3 nitrogen and oxygen atoms in total. The average molecular weight is 173 g/mol. The van der Waals surface area contributed by atoms with Gasteiger partial charge >= 0.3 is 0 Å². The van der Waals surface area contributed by atoms with Gasteiger partial charge < -0.3 is 5.32 Å². The predicted octanol–water partition coefficient (Wildman–Crippen LogP) is 1.62. The Bertz CT molecular complexity index is 333. The number of nitriles is 2. The topological polar surface area (TPSA) is 59.6 Å². The van der Waals surface area contributed by atoms with Crippen molar-refractivity contribution in [3.8, 4) is 12.1 Å². The van der Waals surface area contributed by atoms with Crippen LogP contribution < -0.4 is 5.32 Å². The SMILES string of the molecule is CC1=CC(=C(C#N)C#N)CC(C)N1. The maximum absolute atomic E-state index is 8.67. The van der Waals surface area contributed by atoms with Gasteiger partial charge in [-0.3, -0.25) is 0 Å². The first-order valence-electron chi connectivity index (χ1n) is 4.15. The van der Waals surface area contributed by atoms with E-state index >= 15 is 0 Å². The normalized spacial score (nSPS) is 20.8. The van der Waals surface area contributed by atoms with Crippen molar-refractivity contribution in [3.63, 3.8) is 0 Å². The van der Waals surface area contributed by atoms with Crippen molar-refractivity contribution in [2.45, 2.75) is 26.3 Å². The highest BCUT2D eigenvalue weighted by atomic mass is 14.9. The lowest BCUT2D eigenvalue weighted by Gasteiger charge is -2.21. The van der Waals surface area contributed by atoms with Gasteiger partial charge in [0.25, 0.3) is 0 Å². The van der Waals surface area contributed by atoms with Crippen LogP contribution in [-0.2, 0) is 0 Å². The maximum atomic E-state index is 8.67. The van der Waals surface area contributed by atoms with Crippen molar-refractivity contribution >= 4 is 0 Å². The van der Waals surface area contributed by atoms with Gasteiger partial charge in [-0.05, 0) is 31.9 Å². The Labute approximate surface area is 78.0 Å². The summed E-state index contributed by atoms with van der Waals surface area (Å²) < 4.78 is 0. The number of hydrogen-bond acceptors (Lipinski definition) is 3. The summed E-state index contributed by atoms with van der Waals surface area (Å²) in [6, 6.07) is 4.12. The molecule has 1 rings (SSSR count). The van der Waals surface area contributed by atoms with Crippen LogP contribution in [0, 0.1) is 22.7 Å². The Morgan fingerprint density at radius 2 is 2.15 bits per heavy atom. The molecule has 66 valence electrons. The maximum Gasteiger partial charge on any atom is 0.132 e. The number of rotatable bonds is 0. The van der Waals surface area contributed by atoms with E-state index in [0.29, 0.717) is 6.04 Å². The van der Waals surface area contributed by atoms with Crippen molar-refractivity contribution in [1.29, 1.82) is 10.5 Å². The van der Waals surface area contributed by atoms with Crippen LogP contribution >= 0.6 is 0 Å². The molecule has 1 atom stereocenters. The van der Waals surface area contributed by atoms with E-state index in [4.69, 9.17) is 10.5 Å². The number of nitrogens with one attached hydrogen (secondary N) is 1. The molecule has 0 spiro atoms. The van der Waals surface area contributed by atoms with Gasteiger partial charge in [-0.25, -0.2) is 0 Å². The largest absolute Gasteiger partial charge is 0.386 e. The van der Waals surface area contributed by atoms with E-state index < -0.39 is 0 Å². The lowest BCUT2D eigenvalue weighted by molar-refractivity contribution is 0.592. The lowest BCUT2D eigenvalue weighted by atomic mass is 9.98. The molecule has 1 aliphatic rings. The molecule has 1 N–H and O–H groups in total. The number of hydrogen-bond donors (Lipinski definition) is 1. The van der Waals surface area contributed by atoms with Crippen LogP contribution in [0.15, 0.2) is 22.9 Å². The van der Waals surface area contributed by atoms with Gasteiger partial charge in [-0.1, -0.05) is 0 Å². The van der Waals surface area contributed by atoms with Crippen LogP contribution in [0.25, 0.3) is 0 Å². The molecule has 0 aromatic carbocycles. The minimum absolute atomic E-state index is 0.229. The van der Waals surface area contributed by atoms with E-state index in [1.54, 1.807) is 0 Å². The van der Waals surface area contributed by atoms with Crippen LogP contribution in [0.1, 0.15) is 20.3 Å². The van der Waals surface area contributed by atoms with Crippen molar-refractivity contribution in [2.24, 2.45) is 0 Å². The average Bonchev–Trinajstić information content (AvgIpc) is 2.04. The molecule has 3 heteroatoms. The fourth-order valence-electron chi connectivity index (χ4n) is 1.47. The number of nitrogens with zero attached hydrogens (tertiary/aromatic N) is 2. The van der Waals surface area contributed by atoms with Crippen molar-refractivity contribution < 1.29 is 0 Å². The van der Waals surface area contributed by atoms with Crippen molar-refractivity contribution in [3.05, 3.63) is 22.9 Å². The molecular formula is C10H11N3. The zero-order valence-electron chi connectivity index (χ0n) is 7.76. The summed E-state index contributed by atoms with van der Waals surface area (Å²) in [6.07, 6.45) is 2.61. The Hall–Kier alpha value is -1.74. The fraction of sp³-hybridized carbons (Fsp3) is 0.400. The summed E-state index contributed by atoms with van der Waals surface area (Å²) in [4.78, 5) is 0. The predicted molar refractivity (Wildman–Crippen MR) is 49.2 cm³/mol. The molecular weight excluding hydrogens is 162 g/mol. The number of allylic oxidation sites excluding steroid dienone is 3.